The van der Waals surface area contributed by atoms with Crippen LogP contribution in [0.2, 0.25) is 0 Å². The number of hydrogen-bond acceptors (Lipinski definition) is 2. The van der Waals surface area contributed by atoms with Crippen LogP contribution in [0.5, 0.6) is 0 Å². The fraction of sp³-hybridized carbons (Fsp3) is 0.375. The summed E-state index contributed by atoms with van der Waals surface area (Å²) >= 11 is 0. The van der Waals surface area contributed by atoms with E-state index < -0.39 is 5.97 Å². The summed E-state index contributed by atoms with van der Waals surface area (Å²) in [5, 5.41) is 8.29. The second kappa shape index (κ2) is 4.55. The van der Waals surface area contributed by atoms with Gasteiger partial charge in [-0.2, -0.15) is 0 Å². The minimum Gasteiger partial charge on any atom is -0.478 e. The summed E-state index contributed by atoms with van der Waals surface area (Å²) in [7, 11) is 0. The van der Waals surface area contributed by atoms with Crippen LogP contribution in [0.15, 0.2) is 24.4 Å². The van der Waals surface area contributed by atoms with E-state index in [2.05, 4.69) is 6.58 Å². The van der Waals surface area contributed by atoms with Gasteiger partial charge in [0.2, 0.25) is 0 Å². The van der Waals surface area contributed by atoms with Gasteiger partial charge >= 0.3 is 5.97 Å². The molecule has 0 unspecified atom stereocenters. The number of aliphatic carboxylic acids is 1. The Balaban J connectivity index is 3.95. The fourth-order valence-electron chi connectivity index (χ4n) is 0.673. The molecule has 0 amide bonds. The first-order valence-corrected chi connectivity index (χ1v) is 3.37. The molecule has 0 aliphatic rings. The lowest BCUT2D eigenvalue weighted by molar-refractivity contribution is -0.131. The van der Waals surface area contributed by atoms with Gasteiger partial charge in [0.05, 0.1) is 0 Å². The summed E-state index contributed by atoms with van der Waals surface area (Å²) in [6, 6.07) is 0. The highest BCUT2D eigenvalue weighted by molar-refractivity contribution is 5.80. The summed E-state index contributed by atoms with van der Waals surface area (Å²) < 4.78 is 0. The molecule has 62 valence electrons. The first-order valence-electron chi connectivity index (χ1n) is 3.37. The van der Waals surface area contributed by atoms with Gasteiger partial charge in [0.25, 0.3) is 0 Å². The van der Waals surface area contributed by atoms with E-state index in [4.69, 9.17) is 10.8 Å². The molecule has 3 heteroatoms. The van der Waals surface area contributed by atoms with Crippen molar-refractivity contribution >= 4 is 5.97 Å². The lowest BCUT2D eigenvalue weighted by atomic mass is 10.1. The van der Waals surface area contributed by atoms with Crippen molar-refractivity contribution in [2.24, 2.45) is 11.7 Å². The highest BCUT2D eigenvalue weighted by Crippen LogP contribution is 2.06. The number of nitrogens with two attached hydrogens (primary N) is 1. The second-order valence-corrected chi connectivity index (χ2v) is 2.47. The monoisotopic (exact) mass is 155 g/mol. The van der Waals surface area contributed by atoms with Crippen molar-refractivity contribution < 1.29 is 9.90 Å². The van der Waals surface area contributed by atoms with Gasteiger partial charge in [-0.25, -0.2) is 4.79 Å². The van der Waals surface area contributed by atoms with E-state index in [9.17, 15) is 4.79 Å². The lowest BCUT2D eigenvalue weighted by Gasteiger charge is -2.03. The average Bonchev–Trinajstić information content (AvgIpc) is 1.85. The molecule has 3 N–H and O–H groups in total. The van der Waals surface area contributed by atoms with E-state index in [0.717, 1.165) is 6.08 Å². The molecule has 3 nitrogen and oxygen atoms in total. The summed E-state index contributed by atoms with van der Waals surface area (Å²) in [5.41, 5.74) is 5.76. The van der Waals surface area contributed by atoms with Crippen molar-refractivity contribution in [3.8, 4) is 0 Å². The van der Waals surface area contributed by atoms with Crippen molar-refractivity contribution in [2.45, 2.75) is 13.3 Å². The highest BCUT2D eigenvalue weighted by Gasteiger charge is 1.99. The first-order chi connectivity index (χ1) is 5.06. The average molecular weight is 155 g/mol. The largest absolute Gasteiger partial charge is 0.478 e. The molecular weight excluding hydrogens is 142 g/mol. The molecule has 0 aliphatic heterocycles. The predicted octanol–water partition coefficient (Wildman–Crippen LogP) is 1.13. The molecule has 0 saturated heterocycles. The molecule has 0 aliphatic carbocycles. The second-order valence-electron chi connectivity index (χ2n) is 2.47. The van der Waals surface area contributed by atoms with E-state index in [1.807, 2.05) is 6.92 Å². The summed E-state index contributed by atoms with van der Waals surface area (Å²) in [5.74, 6) is -0.774. The molecule has 0 aromatic carbocycles. The molecule has 0 bridgehead atoms. The zero-order valence-electron chi connectivity index (χ0n) is 6.58. The van der Waals surface area contributed by atoms with Gasteiger partial charge in [0.15, 0.2) is 0 Å². The van der Waals surface area contributed by atoms with Crippen LogP contribution < -0.4 is 5.73 Å². The third kappa shape index (κ3) is 5.21. The van der Waals surface area contributed by atoms with Crippen LogP contribution in [0.4, 0.5) is 0 Å². The van der Waals surface area contributed by atoms with E-state index in [-0.39, 0.29) is 5.92 Å². The van der Waals surface area contributed by atoms with Crippen molar-refractivity contribution in [3.63, 3.8) is 0 Å². The zero-order valence-corrected chi connectivity index (χ0v) is 6.58. The molecule has 0 fully saturated rings. The van der Waals surface area contributed by atoms with Crippen LogP contribution in [0, 0.1) is 5.92 Å². The molecule has 0 rings (SSSR count). The molecule has 0 aromatic rings. The smallest absolute Gasteiger partial charge is 0.330 e. The standard InChI is InChI=1S/C8H13NO2/c1-3-6(2)4-7(9)5-8(10)11/h3,5-6H,1,4,9H2,2H3,(H,10,11)/b7-5-/t6-/m1/s1. The maximum atomic E-state index is 10.1. The minimum absolute atomic E-state index is 0.227. The number of carbonyl (C=O) groups is 1. The molecule has 0 aromatic heterocycles. The highest BCUT2D eigenvalue weighted by atomic mass is 16.4. The van der Waals surface area contributed by atoms with E-state index in [1.165, 1.54) is 0 Å². The summed E-state index contributed by atoms with van der Waals surface area (Å²) in [4.78, 5) is 10.1. The van der Waals surface area contributed by atoms with E-state index >= 15 is 0 Å². The van der Waals surface area contributed by atoms with Gasteiger partial charge in [-0.15, -0.1) is 6.58 Å². The Bertz CT molecular complexity index is 185. The molecule has 1 atom stereocenters. The van der Waals surface area contributed by atoms with Crippen LogP contribution in [0.25, 0.3) is 0 Å². The zero-order chi connectivity index (χ0) is 8.85. The Labute approximate surface area is 66.2 Å². The van der Waals surface area contributed by atoms with Crippen molar-refractivity contribution in [3.05, 3.63) is 24.4 Å². The van der Waals surface area contributed by atoms with Crippen molar-refractivity contribution in [1.82, 2.24) is 0 Å². The van der Waals surface area contributed by atoms with Gasteiger partial charge in [-0.3, -0.25) is 0 Å². The predicted molar refractivity (Wildman–Crippen MR) is 43.9 cm³/mol. The van der Waals surface area contributed by atoms with Gasteiger partial charge in [0.1, 0.15) is 0 Å². The maximum Gasteiger partial charge on any atom is 0.330 e. The molecular formula is C8H13NO2. The number of hydrogen-bond donors (Lipinski definition) is 2. The maximum absolute atomic E-state index is 10.1. The summed E-state index contributed by atoms with van der Waals surface area (Å²) in [6.07, 6.45) is 3.30. The Kier molecular flexibility index (Phi) is 4.03. The van der Waals surface area contributed by atoms with Gasteiger partial charge in [-0.05, 0) is 12.3 Å². The Hall–Kier alpha value is -1.25. The minimum atomic E-state index is -1.00. The van der Waals surface area contributed by atoms with Crippen LogP contribution >= 0.6 is 0 Å². The number of rotatable bonds is 4. The van der Waals surface area contributed by atoms with Crippen molar-refractivity contribution in [1.29, 1.82) is 0 Å². The van der Waals surface area contributed by atoms with Gasteiger partial charge in [0, 0.05) is 11.8 Å². The molecule has 0 radical (unpaired) electrons. The quantitative estimate of drug-likeness (QED) is 0.472. The molecule has 0 heterocycles. The van der Waals surface area contributed by atoms with E-state index in [1.54, 1.807) is 6.08 Å². The van der Waals surface area contributed by atoms with Crippen LogP contribution in [-0.4, -0.2) is 11.1 Å². The normalized spacial score (nSPS) is 14.1. The van der Waals surface area contributed by atoms with Crippen LogP contribution in [-0.2, 0) is 4.79 Å². The molecule has 0 spiro atoms. The molecule has 11 heavy (non-hydrogen) atoms. The SMILES string of the molecule is C=C[C@@H](C)C/C(N)=C/C(=O)O. The van der Waals surface area contributed by atoms with Crippen molar-refractivity contribution in [2.75, 3.05) is 0 Å². The topological polar surface area (TPSA) is 63.3 Å². The van der Waals surface area contributed by atoms with E-state index in [0.29, 0.717) is 12.1 Å². The first kappa shape index (κ1) is 9.75. The fourth-order valence-corrected chi connectivity index (χ4v) is 0.673. The lowest BCUT2D eigenvalue weighted by Crippen LogP contribution is -2.05. The third-order valence-electron chi connectivity index (χ3n) is 1.27. The van der Waals surface area contributed by atoms with Crippen LogP contribution in [0.3, 0.4) is 0 Å². The number of carboxylic acids is 1. The Morgan fingerprint density at radius 1 is 1.82 bits per heavy atom. The number of allylic oxidation sites excluding steroid dienone is 2. The Morgan fingerprint density at radius 3 is 2.73 bits per heavy atom. The Morgan fingerprint density at radius 2 is 2.36 bits per heavy atom. The van der Waals surface area contributed by atoms with Gasteiger partial charge < -0.3 is 10.8 Å². The van der Waals surface area contributed by atoms with Gasteiger partial charge in [-0.1, -0.05) is 13.0 Å². The number of carboxylic acid groups (broad SMARTS) is 1. The molecule has 0 saturated carbocycles. The van der Waals surface area contributed by atoms with Crippen LogP contribution in [0.1, 0.15) is 13.3 Å². The third-order valence-corrected chi connectivity index (χ3v) is 1.27. The summed E-state index contributed by atoms with van der Waals surface area (Å²) in [6.45, 7) is 5.49.